The van der Waals surface area contributed by atoms with E-state index in [4.69, 9.17) is 44.9 Å². The largest absolute Gasteiger partial charge is 0.309 e. The van der Waals surface area contributed by atoms with E-state index in [1.165, 1.54) is 103 Å². The average molecular weight is 1890 g/mol. The minimum atomic E-state index is 0.631. The smallest absolute Gasteiger partial charge is 0.164 e. The van der Waals surface area contributed by atoms with E-state index in [-0.39, 0.29) is 0 Å². The van der Waals surface area contributed by atoms with Crippen LogP contribution in [0.15, 0.2) is 516 Å². The first-order valence-electron chi connectivity index (χ1n) is 49.7. The van der Waals surface area contributed by atoms with Crippen LogP contribution in [0.1, 0.15) is 0 Å². The van der Waals surface area contributed by atoms with E-state index in [2.05, 4.69) is 379 Å². The van der Waals surface area contributed by atoms with Gasteiger partial charge in [-0.05, 0) is 146 Å². The molecule has 0 radical (unpaired) electrons. The summed E-state index contributed by atoms with van der Waals surface area (Å²) in [4.78, 5) is 45.0. The third kappa shape index (κ3) is 14.6. The van der Waals surface area contributed by atoms with Crippen molar-refractivity contribution < 1.29 is 0 Å². The van der Waals surface area contributed by atoms with Crippen LogP contribution in [0.2, 0.25) is 0 Å². The minimum Gasteiger partial charge on any atom is -0.309 e. The van der Waals surface area contributed by atoms with Gasteiger partial charge in [-0.1, -0.05) is 364 Å². The molecule has 30 aromatic rings. The molecule has 0 bridgehead atoms. The summed E-state index contributed by atoms with van der Waals surface area (Å²) in [6.45, 7) is 0. The Morgan fingerprint density at radius 2 is 0.412 bits per heavy atom. The number of aromatic nitrogens is 15. The van der Waals surface area contributed by atoms with Crippen molar-refractivity contribution in [2.75, 3.05) is 0 Å². The topological polar surface area (TPSA) is 146 Å². The van der Waals surface area contributed by atoms with Gasteiger partial charge in [-0.15, -0.1) is 0 Å². The van der Waals surface area contributed by atoms with Crippen LogP contribution in [0.3, 0.4) is 0 Å². The standard InChI is InChI=1S/2C45H29N5.C43H27N5/c1-4-15-30(16-5-1)43-46-44(31-17-6-2-7-18-31)48-45(47-43)32-19-14-22-34(29-32)50-38-25-12-10-23-35(38)36-27-28-40-41(42(36)50)37-24-11-13-26-39(37)49(40)33-20-8-3-9-21-33;1-4-14-30(15-5-1)43-46-44(31-16-6-2-7-17-31)48-45(47-43)32-24-26-34(27-25-32)50-38-22-12-10-20-35(38)36-28-29-40-41(42(36)50)37-21-11-13-23-39(37)49(40)33-18-8-3-9-19-33;1-3-13-28(14-4-1)41-33-18-7-10-20-35(33)45-43(46-41)29-23-26-39(44-27-29)48-36-21-11-8-17-31(36)32-24-25-38-40(42(32)48)34-19-9-12-22-37(34)47(38)30-15-5-2-6-16-30/h2*1-29H;1-27H. The van der Waals surface area contributed by atoms with Crippen molar-refractivity contribution in [1.29, 1.82) is 0 Å². The van der Waals surface area contributed by atoms with Crippen LogP contribution in [-0.2, 0) is 0 Å². The Labute approximate surface area is 849 Å². The summed E-state index contributed by atoms with van der Waals surface area (Å²) in [5.74, 6) is 5.36. The van der Waals surface area contributed by atoms with Crippen molar-refractivity contribution in [3.63, 3.8) is 0 Å². The van der Waals surface area contributed by atoms with Crippen LogP contribution in [0.5, 0.6) is 0 Å². The van der Waals surface area contributed by atoms with E-state index in [0.29, 0.717) is 40.8 Å². The Morgan fingerprint density at radius 3 is 0.791 bits per heavy atom. The van der Waals surface area contributed by atoms with Gasteiger partial charge in [-0.3, -0.25) is 4.57 Å². The molecule has 15 nitrogen and oxygen atoms in total. The number of rotatable bonds is 14. The van der Waals surface area contributed by atoms with Crippen molar-refractivity contribution >= 4 is 142 Å². The lowest BCUT2D eigenvalue weighted by Gasteiger charge is -2.12. The minimum absolute atomic E-state index is 0.631. The Hall–Kier alpha value is -20.3. The fourth-order valence-corrected chi connectivity index (χ4v) is 22.0. The van der Waals surface area contributed by atoms with Crippen LogP contribution in [-0.4, -0.2) is 72.3 Å². The van der Waals surface area contributed by atoms with Gasteiger partial charge in [0.1, 0.15) is 5.82 Å². The Morgan fingerprint density at radius 1 is 0.142 bits per heavy atom. The molecule has 692 valence electrons. The number of hydrogen-bond donors (Lipinski definition) is 0. The van der Waals surface area contributed by atoms with Gasteiger partial charge in [-0.2, -0.15) is 0 Å². The molecule has 10 heterocycles. The second-order valence-corrected chi connectivity index (χ2v) is 37.0. The molecule has 0 amide bonds. The molecule has 0 aliphatic rings. The van der Waals surface area contributed by atoms with Crippen molar-refractivity contribution in [1.82, 2.24) is 72.3 Å². The number of hydrogen-bond acceptors (Lipinski definition) is 9. The van der Waals surface area contributed by atoms with Crippen molar-refractivity contribution in [2.45, 2.75) is 0 Å². The maximum absolute atomic E-state index is 5.11. The van der Waals surface area contributed by atoms with E-state index in [0.717, 1.165) is 123 Å². The first kappa shape index (κ1) is 85.7. The lowest BCUT2D eigenvalue weighted by atomic mass is 10.1. The highest BCUT2D eigenvalue weighted by atomic mass is 15.1. The number of pyridine rings is 1. The summed E-state index contributed by atoms with van der Waals surface area (Å²) in [5, 5.41) is 15.6. The van der Waals surface area contributed by atoms with Crippen molar-refractivity contribution in [2.24, 2.45) is 0 Å². The summed E-state index contributed by atoms with van der Waals surface area (Å²) >= 11 is 0. The molecule has 0 unspecified atom stereocenters. The zero-order chi connectivity index (χ0) is 97.6. The highest BCUT2D eigenvalue weighted by Crippen LogP contribution is 2.48. The molecule has 15 heteroatoms. The highest BCUT2D eigenvalue weighted by Gasteiger charge is 2.28. The zero-order valence-electron chi connectivity index (χ0n) is 79.8. The fourth-order valence-electron chi connectivity index (χ4n) is 22.0. The highest BCUT2D eigenvalue weighted by molar-refractivity contribution is 6.29. The Bertz CT molecular complexity index is 10300. The number of fused-ring (bicyclic) bond motifs is 22. The van der Waals surface area contributed by atoms with Gasteiger partial charge in [0.25, 0.3) is 0 Å². The third-order valence-corrected chi connectivity index (χ3v) is 28.5. The van der Waals surface area contributed by atoms with E-state index in [9.17, 15) is 0 Å². The molecular weight excluding hydrogens is 1810 g/mol. The summed E-state index contributed by atoms with van der Waals surface area (Å²) in [5.41, 5.74) is 28.9. The monoisotopic (exact) mass is 1890 g/mol. The van der Waals surface area contributed by atoms with Gasteiger partial charge in [0.2, 0.25) is 0 Å². The SMILES string of the molecule is c1ccc(-c2nc(-c3ccc(-n4c5ccccc5c5ccc6c(c7ccccc7n6-c6ccccc6)c54)nc3)nc3ccccc23)cc1.c1ccc(-c2nc(-c3ccccc3)nc(-c3ccc(-n4c5ccccc5c5ccc6c(c7ccccc7n6-c6ccccc6)c54)cc3)n2)cc1.c1ccc(-c2nc(-c3ccccc3)nc(-c3cccc(-n4c5ccccc5c5ccc6c(c7ccccc7n6-c6ccccc6)c54)c3)n2)cc1. The Balaban J connectivity index is 0.000000107. The summed E-state index contributed by atoms with van der Waals surface area (Å²) in [6.07, 6.45) is 1.90. The molecule has 0 N–H and O–H groups in total. The summed E-state index contributed by atoms with van der Waals surface area (Å²) in [7, 11) is 0. The van der Waals surface area contributed by atoms with Crippen LogP contribution < -0.4 is 0 Å². The second-order valence-electron chi connectivity index (χ2n) is 37.0. The fraction of sp³-hybridized carbons (Fsp3) is 0. The predicted octanol–water partition coefficient (Wildman–Crippen LogP) is 32.7. The normalized spacial score (nSPS) is 11.6. The number of benzene rings is 20. The van der Waals surface area contributed by atoms with E-state index < -0.39 is 0 Å². The molecule has 30 rings (SSSR count). The maximum atomic E-state index is 5.11. The lowest BCUT2D eigenvalue weighted by Crippen LogP contribution is -2.01. The van der Waals surface area contributed by atoms with Gasteiger partial charge in [0.15, 0.2) is 40.8 Å². The molecule has 0 spiro atoms. The van der Waals surface area contributed by atoms with Crippen LogP contribution >= 0.6 is 0 Å². The molecular formula is C133H85N15. The Kier molecular flexibility index (Phi) is 20.9. The second kappa shape index (κ2) is 36.0. The van der Waals surface area contributed by atoms with Gasteiger partial charge in [0, 0.05) is 149 Å². The quantitative estimate of drug-likeness (QED) is 0.104. The first-order valence-corrected chi connectivity index (χ1v) is 49.7. The van der Waals surface area contributed by atoms with Crippen LogP contribution in [0.25, 0.3) is 267 Å². The molecule has 0 atom stereocenters. The van der Waals surface area contributed by atoms with Crippen LogP contribution in [0, 0.1) is 0 Å². The van der Waals surface area contributed by atoms with E-state index in [1.807, 2.05) is 164 Å². The van der Waals surface area contributed by atoms with Gasteiger partial charge in [-0.25, -0.2) is 44.9 Å². The molecule has 0 aliphatic carbocycles. The molecule has 0 aliphatic heterocycles. The van der Waals surface area contributed by atoms with Gasteiger partial charge < -0.3 is 22.8 Å². The molecule has 0 saturated heterocycles. The number of para-hydroxylation sites is 10. The summed E-state index contributed by atoms with van der Waals surface area (Å²) in [6, 6.07) is 178. The average Bonchev–Trinajstić information content (AvgIpc) is 1.55. The molecule has 148 heavy (non-hydrogen) atoms. The zero-order valence-corrected chi connectivity index (χ0v) is 79.8. The third-order valence-electron chi connectivity index (χ3n) is 28.5. The summed E-state index contributed by atoms with van der Waals surface area (Å²) < 4.78 is 14.3. The van der Waals surface area contributed by atoms with E-state index >= 15 is 0 Å². The lowest BCUT2D eigenvalue weighted by molar-refractivity contribution is 1.07. The molecule has 20 aromatic carbocycles. The first-order chi connectivity index (χ1) is 73.5. The number of nitrogens with zero attached hydrogens (tertiary/aromatic N) is 15. The predicted molar refractivity (Wildman–Crippen MR) is 607 cm³/mol. The van der Waals surface area contributed by atoms with Gasteiger partial charge in [0.05, 0.1) is 77.4 Å². The molecule has 10 aromatic heterocycles. The van der Waals surface area contributed by atoms with Crippen molar-refractivity contribution in [3.05, 3.63) is 516 Å². The molecule has 0 fully saturated rings. The molecule has 0 saturated carbocycles. The van der Waals surface area contributed by atoms with Crippen LogP contribution in [0.4, 0.5) is 0 Å². The van der Waals surface area contributed by atoms with Gasteiger partial charge >= 0.3 is 0 Å². The maximum Gasteiger partial charge on any atom is 0.164 e. The van der Waals surface area contributed by atoms with Crippen molar-refractivity contribution in [3.8, 4) is 125 Å². The van der Waals surface area contributed by atoms with E-state index in [1.54, 1.807) is 0 Å².